The Kier molecular flexibility index (Phi) is 2.80. The van der Waals surface area contributed by atoms with Gasteiger partial charge in [0.05, 0.1) is 6.20 Å². The highest BCUT2D eigenvalue weighted by molar-refractivity contribution is 5.25. The van der Waals surface area contributed by atoms with Crippen LogP contribution in [0.25, 0.3) is 0 Å². The van der Waals surface area contributed by atoms with E-state index in [2.05, 4.69) is 24.1 Å². The van der Waals surface area contributed by atoms with Crippen molar-refractivity contribution in [3.05, 3.63) is 17.5 Å². The maximum atomic E-state index is 5.79. The average Bonchev–Trinajstić information content (AvgIpc) is 2.59. The molecular weight excluding hydrogens is 188 g/mol. The molecule has 0 saturated heterocycles. The number of nitrogens with zero attached hydrogens (tertiary/aromatic N) is 3. The second-order valence-electron chi connectivity index (χ2n) is 4.69. The third kappa shape index (κ3) is 1.79. The van der Waals surface area contributed by atoms with Crippen LogP contribution in [0, 0.1) is 5.92 Å². The van der Waals surface area contributed by atoms with Crippen molar-refractivity contribution in [3.8, 4) is 0 Å². The Hall–Kier alpha value is -0.870. The minimum atomic E-state index is 0.482. The fourth-order valence-corrected chi connectivity index (χ4v) is 2.48. The molecule has 1 aliphatic rings. The third-order valence-corrected chi connectivity index (χ3v) is 3.45. The first kappa shape index (κ1) is 10.6. The zero-order valence-corrected chi connectivity index (χ0v) is 9.77. The number of hydrogen-bond acceptors (Lipinski definition) is 3. The molecule has 84 valence electrons. The average molecular weight is 208 g/mol. The van der Waals surface area contributed by atoms with Gasteiger partial charge in [-0.2, -0.15) is 5.10 Å². The molecule has 0 spiro atoms. The lowest BCUT2D eigenvalue weighted by Crippen LogP contribution is -2.32. The lowest BCUT2D eigenvalue weighted by atomic mass is 9.84. The molecule has 0 fully saturated rings. The van der Waals surface area contributed by atoms with E-state index in [0.29, 0.717) is 12.0 Å². The fraction of sp³-hybridized carbons (Fsp3) is 0.727. The highest BCUT2D eigenvalue weighted by Crippen LogP contribution is 2.35. The molecule has 0 aromatic carbocycles. The molecule has 2 atom stereocenters. The van der Waals surface area contributed by atoms with Gasteiger partial charge < -0.3 is 10.6 Å². The van der Waals surface area contributed by atoms with E-state index in [1.54, 1.807) is 0 Å². The third-order valence-electron chi connectivity index (χ3n) is 3.45. The van der Waals surface area contributed by atoms with Crippen molar-refractivity contribution < 1.29 is 0 Å². The second kappa shape index (κ2) is 3.94. The Labute approximate surface area is 91.1 Å². The van der Waals surface area contributed by atoms with E-state index in [4.69, 9.17) is 5.73 Å². The largest absolute Gasteiger partial charge is 0.330 e. The van der Waals surface area contributed by atoms with E-state index in [9.17, 15) is 0 Å². The lowest BCUT2D eigenvalue weighted by molar-refractivity contribution is 0.230. The highest BCUT2D eigenvalue weighted by Gasteiger charge is 2.29. The van der Waals surface area contributed by atoms with Gasteiger partial charge in [0.25, 0.3) is 0 Å². The fourth-order valence-electron chi connectivity index (χ4n) is 2.48. The van der Waals surface area contributed by atoms with Gasteiger partial charge in [0.15, 0.2) is 0 Å². The van der Waals surface area contributed by atoms with Gasteiger partial charge in [-0.05, 0) is 39.4 Å². The molecule has 2 unspecified atom stereocenters. The highest BCUT2D eigenvalue weighted by atomic mass is 15.3. The van der Waals surface area contributed by atoms with Crippen LogP contribution in [-0.2, 0) is 13.5 Å². The number of aryl methyl sites for hydroxylation is 1. The van der Waals surface area contributed by atoms with Gasteiger partial charge in [0, 0.05) is 24.3 Å². The summed E-state index contributed by atoms with van der Waals surface area (Å²) in [4.78, 5) is 2.27. The molecule has 1 heterocycles. The SMILES string of the molecule is CN(C)C1CC(CN)Cc2c1cnn2C. The summed E-state index contributed by atoms with van der Waals surface area (Å²) < 4.78 is 1.99. The number of rotatable bonds is 2. The molecule has 0 radical (unpaired) electrons. The Balaban J connectivity index is 2.35. The van der Waals surface area contributed by atoms with Crippen molar-refractivity contribution in [1.29, 1.82) is 0 Å². The number of fused-ring (bicyclic) bond motifs is 1. The van der Waals surface area contributed by atoms with Crippen LogP contribution < -0.4 is 5.73 Å². The van der Waals surface area contributed by atoms with Crippen LogP contribution >= 0.6 is 0 Å². The van der Waals surface area contributed by atoms with Crippen LogP contribution in [-0.4, -0.2) is 35.3 Å². The molecule has 1 aromatic heterocycles. The Morgan fingerprint density at radius 3 is 2.93 bits per heavy atom. The predicted octanol–water partition coefficient (Wildman–Crippen LogP) is 0.544. The molecular formula is C11H20N4. The molecule has 0 saturated carbocycles. The molecule has 4 nitrogen and oxygen atoms in total. The minimum Gasteiger partial charge on any atom is -0.330 e. The molecule has 1 aromatic rings. The number of hydrogen-bond donors (Lipinski definition) is 1. The van der Waals surface area contributed by atoms with Crippen molar-refractivity contribution in [1.82, 2.24) is 14.7 Å². The van der Waals surface area contributed by atoms with Gasteiger partial charge in [-0.1, -0.05) is 0 Å². The lowest BCUT2D eigenvalue weighted by Gasteiger charge is -2.33. The molecule has 0 bridgehead atoms. The standard InChI is InChI=1S/C11H20N4/c1-14(2)10-4-8(6-12)5-11-9(10)7-13-15(11)3/h7-8,10H,4-6,12H2,1-3H3. The van der Waals surface area contributed by atoms with Crippen LogP contribution in [0.4, 0.5) is 0 Å². The van der Waals surface area contributed by atoms with E-state index < -0.39 is 0 Å². The van der Waals surface area contributed by atoms with Gasteiger partial charge in [0.2, 0.25) is 0 Å². The Bertz CT molecular complexity index is 342. The topological polar surface area (TPSA) is 47.1 Å². The summed E-state index contributed by atoms with van der Waals surface area (Å²) in [5, 5.41) is 4.35. The maximum absolute atomic E-state index is 5.79. The summed E-state index contributed by atoms with van der Waals surface area (Å²) in [6.07, 6.45) is 4.24. The number of nitrogens with two attached hydrogens (primary N) is 1. The quantitative estimate of drug-likeness (QED) is 0.772. The summed E-state index contributed by atoms with van der Waals surface area (Å²) in [6, 6.07) is 0.482. The van der Waals surface area contributed by atoms with Crippen molar-refractivity contribution in [2.45, 2.75) is 18.9 Å². The number of aromatic nitrogens is 2. The summed E-state index contributed by atoms with van der Waals surface area (Å²) in [5.41, 5.74) is 8.53. The summed E-state index contributed by atoms with van der Waals surface area (Å²) in [5.74, 6) is 0.597. The summed E-state index contributed by atoms with van der Waals surface area (Å²) in [7, 11) is 6.27. The van der Waals surface area contributed by atoms with Gasteiger partial charge in [-0.15, -0.1) is 0 Å². The summed E-state index contributed by atoms with van der Waals surface area (Å²) >= 11 is 0. The Morgan fingerprint density at radius 2 is 2.33 bits per heavy atom. The van der Waals surface area contributed by atoms with E-state index in [-0.39, 0.29) is 0 Å². The molecule has 0 amide bonds. The Morgan fingerprint density at radius 1 is 1.60 bits per heavy atom. The van der Waals surface area contributed by atoms with E-state index in [1.165, 1.54) is 11.3 Å². The van der Waals surface area contributed by atoms with Crippen LogP contribution in [0.3, 0.4) is 0 Å². The molecule has 4 heteroatoms. The first-order chi connectivity index (χ1) is 7.13. The molecule has 2 rings (SSSR count). The van der Waals surface area contributed by atoms with Crippen molar-refractivity contribution in [2.24, 2.45) is 18.7 Å². The van der Waals surface area contributed by atoms with E-state index >= 15 is 0 Å². The van der Waals surface area contributed by atoms with Crippen molar-refractivity contribution in [2.75, 3.05) is 20.6 Å². The van der Waals surface area contributed by atoms with E-state index in [1.807, 2.05) is 17.9 Å². The van der Waals surface area contributed by atoms with Gasteiger partial charge >= 0.3 is 0 Å². The normalized spacial score (nSPS) is 25.7. The van der Waals surface area contributed by atoms with Crippen LogP contribution in [0.5, 0.6) is 0 Å². The minimum absolute atomic E-state index is 0.482. The first-order valence-electron chi connectivity index (χ1n) is 5.50. The van der Waals surface area contributed by atoms with E-state index in [0.717, 1.165) is 19.4 Å². The zero-order valence-electron chi connectivity index (χ0n) is 9.77. The van der Waals surface area contributed by atoms with Gasteiger partial charge in [-0.3, -0.25) is 4.68 Å². The van der Waals surface area contributed by atoms with Crippen LogP contribution in [0.15, 0.2) is 6.20 Å². The molecule has 1 aliphatic carbocycles. The van der Waals surface area contributed by atoms with Crippen LogP contribution in [0.1, 0.15) is 23.7 Å². The molecule has 15 heavy (non-hydrogen) atoms. The smallest absolute Gasteiger partial charge is 0.0540 e. The first-order valence-corrected chi connectivity index (χ1v) is 5.50. The zero-order chi connectivity index (χ0) is 11.0. The van der Waals surface area contributed by atoms with Gasteiger partial charge in [-0.25, -0.2) is 0 Å². The van der Waals surface area contributed by atoms with Crippen molar-refractivity contribution in [3.63, 3.8) is 0 Å². The monoisotopic (exact) mass is 208 g/mol. The molecule has 0 aliphatic heterocycles. The van der Waals surface area contributed by atoms with Gasteiger partial charge in [0.1, 0.15) is 0 Å². The van der Waals surface area contributed by atoms with Crippen molar-refractivity contribution >= 4 is 0 Å². The predicted molar refractivity (Wildman–Crippen MR) is 60.5 cm³/mol. The summed E-state index contributed by atoms with van der Waals surface area (Å²) in [6.45, 7) is 0.773. The van der Waals surface area contributed by atoms with Crippen LogP contribution in [0.2, 0.25) is 0 Å². The maximum Gasteiger partial charge on any atom is 0.0540 e. The molecule has 2 N–H and O–H groups in total. The second-order valence-corrected chi connectivity index (χ2v) is 4.69.